The quantitative estimate of drug-likeness (QED) is 0.908. The van der Waals surface area contributed by atoms with E-state index in [9.17, 15) is 5.11 Å². The summed E-state index contributed by atoms with van der Waals surface area (Å²) in [7, 11) is 2.09. The van der Waals surface area contributed by atoms with Gasteiger partial charge in [0.15, 0.2) is 0 Å². The Kier molecular flexibility index (Phi) is 5.54. The molecular formula is C21H27NO2. The highest BCUT2D eigenvalue weighted by Gasteiger charge is 2.35. The predicted molar refractivity (Wildman–Crippen MR) is 97.1 cm³/mol. The number of hydrogen-bond donors (Lipinski definition) is 1. The van der Waals surface area contributed by atoms with Crippen molar-refractivity contribution in [2.75, 3.05) is 7.05 Å². The minimum absolute atomic E-state index is 0.133. The maximum atomic E-state index is 10.8. The molecule has 24 heavy (non-hydrogen) atoms. The third-order valence-corrected chi connectivity index (χ3v) is 4.88. The molecule has 0 aromatic heterocycles. The number of hydrogen-bond acceptors (Lipinski definition) is 3. The number of ether oxygens (including phenoxy) is 1. The van der Waals surface area contributed by atoms with E-state index >= 15 is 0 Å². The van der Waals surface area contributed by atoms with Crippen molar-refractivity contribution >= 4 is 0 Å². The van der Waals surface area contributed by atoms with Gasteiger partial charge in [-0.05, 0) is 56.5 Å². The number of likely N-dealkylation sites (N-methyl/N-ethyl adjacent to an activating group) is 1. The fourth-order valence-corrected chi connectivity index (χ4v) is 3.58. The molecule has 3 rings (SSSR count). The molecule has 3 atom stereocenters. The molecular weight excluding hydrogens is 298 g/mol. The van der Waals surface area contributed by atoms with Crippen molar-refractivity contribution in [3.8, 4) is 5.75 Å². The fraction of sp³-hybridized carbons (Fsp3) is 0.429. The Labute approximate surface area is 144 Å². The molecule has 1 fully saturated rings. The van der Waals surface area contributed by atoms with Crippen LogP contribution in [0, 0.1) is 6.92 Å². The van der Waals surface area contributed by atoms with E-state index in [2.05, 4.69) is 49.2 Å². The number of benzene rings is 2. The highest BCUT2D eigenvalue weighted by Crippen LogP contribution is 2.28. The molecule has 2 aromatic rings. The average Bonchev–Trinajstić information content (AvgIpc) is 2.58. The average molecular weight is 325 g/mol. The molecule has 1 saturated carbocycles. The molecule has 2 aromatic carbocycles. The zero-order valence-electron chi connectivity index (χ0n) is 14.6. The summed E-state index contributed by atoms with van der Waals surface area (Å²) in [5, 5.41) is 10.8. The molecule has 1 N–H and O–H groups in total. The van der Waals surface area contributed by atoms with Gasteiger partial charge in [-0.2, -0.15) is 0 Å². The van der Waals surface area contributed by atoms with E-state index in [1.807, 2.05) is 24.3 Å². The molecule has 0 amide bonds. The lowest BCUT2D eigenvalue weighted by Crippen LogP contribution is -2.51. The zero-order valence-corrected chi connectivity index (χ0v) is 14.6. The third kappa shape index (κ3) is 4.16. The van der Waals surface area contributed by atoms with E-state index in [0.717, 1.165) is 31.6 Å². The largest absolute Gasteiger partial charge is 0.488 e. The van der Waals surface area contributed by atoms with Crippen molar-refractivity contribution in [1.82, 2.24) is 4.90 Å². The Hall–Kier alpha value is -1.84. The van der Waals surface area contributed by atoms with Gasteiger partial charge in [-0.1, -0.05) is 42.5 Å². The van der Waals surface area contributed by atoms with Crippen molar-refractivity contribution in [2.45, 2.75) is 51.0 Å². The standard InChI is InChI=1S/C21H27NO2/c1-16-8-6-11-18(14-16)24-20-13-7-12-19(21(20)23)22(2)15-17-9-4-3-5-10-17/h3-6,8-11,14,19-21,23H,7,12-13,15H2,1-2H3/t19-,20+,21+/m0/s1. The van der Waals surface area contributed by atoms with E-state index in [1.165, 1.54) is 11.1 Å². The van der Waals surface area contributed by atoms with Crippen molar-refractivity contribution in [1.29, 1.82) is 0 Å². The summed E-state index contributed by atoms with van der Waals surface area (Å²) in [6, 6.07) is 18.6. The second kappa shape index (κ2) is 7.82. The normalized spacial score (nSPS) is 24.1. The van der Waals surface area contributed by atoms with Crippen LogP contribution in [0.15, 0.2) is 54.6 Å². The van der Waals surface area contributed by atoms with Gasteiger partial charge in [-0.25, -0.2) is 0 Å². The van der Waals surface area contributed by atoms with Gasteiger partial charge in [0.1, 0.15) is 18.0 Å². The lowest BCUT2D eigenvalue weighted by molar-refractivity contribution is -0.0491. The first kappa shape index (κ1) is 17.0. The molecule has 1 aliphatic carbocycles. The van der Waals surface area contributed by atoms with Crippen LogP contribution in [0.4, 0.5) is 0 Å². The first-order chi connectivity index (χ1) is 11.6. The monoisotopic (exact) mass is 325 g/mol. The maximum Gasteiger partial charge on any atom is 0.126 e. The number of nitrogens with zero attached hydrogens (tertiary/aromatic N) is 1. The number of aryl methyl sites for hydroxylation is 1. The van der Waals surface area contributed by atoms with Gasteiger partial charge in [0.2, 0.25) is 0 Å². The van der Waals surface area contributed by atoms with Crippen LogP contribution in [0.25, 0.3) is 0 Å². The van der Waals surface area contributed by atoms with Gasteiger partial charge in [-0.15, -0.1) is 0 Å². The van der Waals surface area contributed by atoms with Crippen molar-refractivity contribution in [3.05, 3.63) is 65.7 Å². The molecule has 0 radical (unpaired) electrons. The van der Waals surface area contributed by atoms with Crippen LogP contribution in [0.5, 0.6) is 5.75 Å². The predicted octanol–water partition coefficient (Wildman–Crippen LogP) is 3.79. The van der Waals surface area contributed by atoms with Crippen LogP contribution in [-0.2, 0) is 6.54 Å². The van der Waals surface area contributed by atoms with Crippen molar-refractivity contribution in [3.63, 3.8) is 0 Å². The highest BCUT2D eigenvalue weighted by atomic mass is 16.5. The molecule has 0 aliphatic heterocycles. The first-order valence-electron chi connectivity index (χ1n) is 8.79. The molecule has 0 spiro atoms. The Morgan fingerprint density at radius 1 is 1.08 bits per heavy atom. The maximum absolute atomic E-state index is 10.8. The second-order valence-corrected chi connectivity index (χ2v) is 6.86. The number of aliphatic hydroxyl groups is 1. The topological polar surface area (TPSA) is 32.7 Å². The lowest BCUT2D eigenvalue weighted by Gasteiger charge is -2.39. The SMILES string of the molecule is Cc1cccc(O[C@@H]2CCC[C@H](N(C)Cc3ccccc3)[C@H]2O)c1. The molecule has 128 valence electrons. The fourth-order valence-electron chi connectivity index (χ4n) is 3.58. The summed E-state index contributed by atoms with van der Waals surface area (Å²) in [5.41, 5.74) is 2.45. The van der Waals surface area contributed by atoms with Crippen LogP contribution < -0.4 is 4.74 Å². The summed E-state index contributed by atoms with van der Waals surface area (Å²) in [5.74, 6) is 0.852. The van der Waals surface area contributed by atoms with Gasteiger partial charge in [-0.3, -0.25) is 4.90 Å². The summed E-state index contributed by atoms with van der Waals surface area (Å²) in [4.78, 5) is 2.26. The number of rotatable bonds is 5. The van der Waals surface area contributed by atoms with E-state index in [0.29, 0.717) is 0 Å². The van der Waals surface area contributed by atoms with Crippen LogP contribution in [-0.4, -0.2) is 35.3 Å². The Balaban J connectivity index is 1.64. The van der Waals surface area contributed by atoms with Gasteiger partial charge in [0.25, 0.3) is 0 Å². The van der Waals surface area contributed by atoms with E-state index in [1.54, 1.807) is 0 Å². The molecule has 1 aliphatic rings. The highest BCUT2D eigenvalue weighted by molar-refractivity contribution is 5.27. The van der Waals surface area contributed by atoms with Crippen LogP contribution in [0.2, 0.25) is 0 Å². The van der Waals surface area contributed by atoms with Crippen molar-refractivity contribution in [2.24, 2.45) is 0 Å². The molecule has 3 heteroatoms. The van der Waals surface area contributed by atoms with Crippen LogP contribution in [0.1, 0.15) is 30.4 Å². The van der Waals surface area contributed by atoms with Crippen LogP contribution >= 0.6 is 0 Å². The summed E-state index contributed by atoms with van der Waals surface area (Å²) in [6.07, 6.45) is 2.40. The second-order valence-electron chi connectivity index (χ2n) is 6.86. The molecule has 0 unspecified atom stereocenters. The Morgan fingerprint density at radius 2 is 1.88 bits per heavy atom. The zero-order chi connectivity index (χ0) is 16.9. The minimum atomic E-state index is -0.465. The lowest BCUT2D eigenvalue weighted by atomic mass is 9.88. The van der Waals surface area contributed by atoms with Gasteiger partial charge in [0, 0.05) is 12.6 Å². The summed E-state index contributed by atoms with van der Waals surface area (Å²) in [6.45, 7) is 2.90. The Morgan fingerprint density at radius 3 is 2.62 bits per heavy atom. The van der Waals surface area contributed by atoms with E-state index in [-0.39, 0.29) is 12.1 Å². The van der Waals surface area contributed by atoms with Crippen molar-refractivity contribution < 1.29 is 9.84 Å². The smallest absolute Gasteiger partial charge is 0.126 e. The molecule has 0 bridgehead atoms. The van der Waals surface area contributed by atoms with Crippen LogP contribution in [0.3, 0.4) is 0 Å². The number of aliphatic hydroxyl groups excluding tert-OH is 1. The van der Waals surface area contributed by atoms with Gasteiger partial charge in [0.05, 0.1) is 0 Å². The van der Waals surface area contributed by atoms with Gasteiger partial charge < -0.3 is 9.84 Å². The summed E-state index contributed by atoms with van der Waals surface area (Å²) >= 11 is 0. The third-order valence-electron chi connectivity index (χ3n) is 4.88. The molecule has 3 nitrogen and oxygen atoms in total. The Bertz CT molecular complexity index is 643. The molecule has 0 saturated heterocycles. The van der Waals surface area contributed by atoms with E-state index in [4.69, 9.17) is 4.74 Å². The minimum Gasteiger partial charge on any atom is -0.488 e. The first-order valence-corrected chi connectivity index (χ1v) is 8.79. The van der Waals surface area contributed by atoms with E-state index < -0.39 is 6.10 Å². The molecule has 0 heterocycles. The van der Waals surface area contributed by atoms with Gasteiger partial charge >= 0.3 is 0 Å². The summed E-state index contributed by atoms with van der Waals surface area (Å²) < 4.78 is 6.10.